The Morgan fingerprint density at radius 1 is 1.29 bits per heavy atom. The van der Waals surface area contributed by atoms with Gasteiger partial charge in [-0.05, 0) is 37.1 Å². The molecule has 6 nitrogen and oxygen atoms in total. The first-order chi connectivity index (χ1) is 14.7. The predicted molar refractivity (Wildman–Crippen MR) is 115 cm³/mol. The van der Waals surface area contributed by atoms with Gasteiger partial charge in [-0.1, -0.05) is 37.7 Å². The topological polar surface area (TPSA) is 87.8 Å². The average Bonchev–Trinajstić information content (AvgIpc) is 2.73. The molecule has 160 valence electrons. The van der Waals surface area contributed by atoms with Crippen LogP contribution in [0.2, 0.25) is 0 Å². The largest absolute Gasteiger partial charge is 0.337 e. The number of aromatic nitrogens is 2. The Morgan fingerprint density at radius 3 is 2.65 bits per heavy atom. The molecule has 0 aliphatic heterocycles. The average molecular weight is 442 g/mol. The molecule has 1 N–H and O–H groups in total. The van der Waals surface area contributed by atoms with Crippen LogP contribution in [0.1, 0.15) is 20.8 Å². The minimum absolute atomic E-state index is 0.0764. The van der Waals surface area contributed by atoms with Crippen molar-refractivity contribution in [1.82, 2.24) is 14.9 Å². The fourth-order valence-corrected chi connectivity index (χ4v) is 3.65. The Kier molecular flexibility index (Phi) is 6.41. The molecule has 1 atom stereocenters. The number of fused-ring (bicyclic) bond motifs is 1. The molecule has 3 aromatic rings. The van der Waals surface area contributed by atoms with Crippen LogP contribution in [-0.4, -0.2) is 26.8 Å². The number of nitrogens with one attached hydrogen (secondary N) is 1. The van der Waals surface area contributed by atoms with Gasteiger partial charge in [-0.25, -0.2) is 13.8 Å². The number of carbonyl (C=O) groups excluding carboxylic acids is 1. The number of halogens is 2. The van der Waals surface area contributed by atoms with Gasteiger partial charge in [0.15, 0.2) is 5.16 Å². The van der Waals surface area contributed by atoms with E-state index in [4.69, 9.17) is 0 Å². The van der Waals surface area contributed by atoms with Gasteiger partial charge < -0.3 is 5.32 Å². The molecule has 0 unspecified atom stereocenters. The summed E-state index contributed by atoms with van der Waals surface area (Å²) in [6, 6.07) is 11.5. The van der Waals surface area contributed by atoms with E-state index in [1.54, 1.807) is 31.2 Å². The molecule has 9 heteroatoms. The van der Waals surface area contributed by atoms with Gasteiger partial charge in [-0.3, -0.25) is 14.2 Å². The quantitative estimate of drug-likeness (QED) is 0.463. The Balaban J connectivity index is 2.03. The summed E-state index contributed by atoms with van der Waals surface area (Å²) < 4.78 is 28.9. The van der Waals surface area contributed by atoms with E-state index in [9.17, 15) is 23.6 Å². The number of rotatable bonds is 6. The lowest BCUT2D eigenvalue weighted by atomic mass is 9.90. The molecule has 2 aromatic carbocycles. The molecule has 0 saturated heterocycles. The smallest absolute Gasteiger partial charge is 0.266 e. The summed E-state index contributed by atoms with van der Waals surface area (Å²) >= 11 is 0.925. The SMILES string of the molecule is CC(C)[C@](C)(C#N)NC(=O)CSc1nc2ccccc2c(=O)n1-c1ccc(F)cc1F. The summed E-state index contributed by atoms with van der Waals surface area (Å²) in [7, 11) is 0. The van der Waals surface area contributed by atoms with Crippen molar-refractivity contribution >= 4 is 28.6 Å². The Hall–Kier alpha value is -3.25. The zero-order valence-electron chi connectivity index (χ0n) is 17.1. The second-order valence-electron chi connectivity index (χ2n) is 7.45. The van der Waals surface area contributed by atoms with Gasteiger partial charge in [0.1, 0.15) is 17.2 Å². The van der Waals surface area contributed by atoms with E-state index in [1.807, 2.05) is 13.8 Å². The molecule has 0 fully saturated rings. The van der Waals surface area contributed by atoms with Crippen molar-refractivity contribution in [3.05, 3.63) is 64.5 Å². The number of nitrogens with zero attached hydrogens (tertiary/aromatic N) is 3. The molecular formula is C22H20F2N4O2S. The van der Waals surface area contributed by atoms with E-state index in [0.717, 1.165) is 28.5 Å². The third-order valence-corrected chi connectivity index (χ3v) is 5.95. The number of nitriles is 1. The van der Waals surface area contributed by atoms with Gasteiger partial charge in [0.05, 0.1) is 28.4 Å². The summed E-state index contributed by atoms with van der Waals surface area (Å²) in [5, 5.41) is 12.4. The molecule has 0 aliphatic rings. The summed E-state index contributed by atoms with van der Waals surface area (Å²) in [5.41, 5.74) is -1.38. The first kappa shape index (κ1) is 22.4. The minimum atomic E-state index is -1.06. The van der Waals surface area contributed by atoms with Crippen molar-refractivity contribution in [2.24, 2.45) is 5.92 Å². The number of benzene rings is 2. The minimum Gasteiger partial charge on any atom is -0.337 e. The van der Waals surface area contributed by atoms with Crippen molar-refractivity contribution in [3.8, 4) is 11.8 Å². The van der Waals surface area contributed by atoms with Crippen LogP contribution in [0.3, 0.4) is 0 Å². The van der Waals surface area contributed by atoms with Gasteiger partial charge in [0, 0.05) is 6.07 Å². The molecule has 0 aliphatic carbocycles. The maximum absolute atomic E-state index is 14.5. The van der Waals surface area contributed by atoms with E-state index in [1.165, 1.54) is 0 Å². The van der Waals surface area contributed by atoms with Crippen LogP contribution in [0.4, 0.5) is 8.78 Å². The molecule has 1 aromatic heterocycles. The van der Waals surface area contributed by atoms with E-state index >= 15 is 0 Å². The second-order valence-corrected chi connectivity index (χ2v) is 8.40. The van der Waals surface area contributed by atoms with E-state index < -0.39 is 28.6 Å². The normalized spacial score (nSPS) is 13.1. The van der Waals surface area contributed by atoms with Gasteiger partial charge in [0.2, 0.25) is 5.91 Å². The third-order valence-electron chi connectivity index (χ3n) is 5.01. The molecule has 31 heavy (non-hydrogen) atoms. The predicted octanol–water partition coefficient (Wildman–Crippen LogP) is 3.81. The molecule has 1 amide bonds. The van der Waals surface area contributed by atoms with Crippen LogP contribution >= 0.6 is 11.8 Å². The monoisotopic (exact) mass is 442 g/mol. The number of carbonyl (C=O) groups is 1. The van der Waals surface area contributed by atoms with Crippen molar-refractivity contribution in [3.63, 3.8) is 0 Å². The van der Waals surface area contributed by atoms with Crippen LogP contribution < -0.4 is 10.9 Å². The van der Waals surface area contributed by atoms with Crippen molar-refractivity contribution in [2.45, 2.75) is 31.5 Å². The number of thioether (sulfide) groups is 1. The number of para-hydroxylation sites is 1. The summed E-state index contributed by atoms with van der Waals surface area (Å²) in [6.07, 6.45) is 0. The van der Waals surface area contributed by atoms with E-state index in [2.05, 4.69) is 16.4 Å². The Labute approximate surface area is 181 Å². The highest BCUT2D eigenvalue weighted by Crippen LogP contribution is 2.24. The fourth-order valence-electron chi connectivity index (χ4n) is 2.84. The van der Waals surface area contributed by atoms with Crippen molar-refractivity contribution in [1.29, 1.82) is 5.26 Å². The lowest BCUT2D eigenvalue weighted by Crippen LogP contribution is -2.49. The maximum atomic E-state index is 14.5. The number of hydrogen-bond acceptors (Lipinski definition) is 5. The summed E-state index contributed by atoms with van der Waals surface area (Å²) in [4.78, 5) is 30.0. The van der Waals surface area contributed by atoms with Gasteiger partial charge in [-0.2, -0.15) is 5.26 Å². The number of hydrogen-bond donors (Lipinski definition) is 1. The number of amides is 1. The second kappa shape index (κ2) is 8.86. The standard InChI is InChI=1S/C22H20F2N4O2S/c1-13(2)22(3,12-25)27-19(29)11-31-21-26-17-7-5-4-6-15(17)20(30)28(21)18-9-8-14(23)10-16(18)24/h4-10,13H,11H2,1-3H3,(H,27,29)/t22-/m0/s1. The fraction of sp³-hybridized carbons (Fsp3) is 0.273. The highest BCUT2D eigenvalue weighted by molar-refractivity contribution is 7.99. The van der Waals surface area contributed by atoms with Crippen LogP contribution in [0, 0.1) is 28.9 Å². The molecule has 0 radical (unpaired) electrons. The maximum Gasteiger partial charge on any atom is 0.266 e. The van der Waals surface area contributed by atoms with Crippen LogP contribution in [0.15, 0.2) is 52.4 Å². The molecule has 1 heterocycles. The van der Waals surface area contributed by atoms with E-state index in [-0.39, 0.29) is 27.9 Å². The zero-order valence-corrected chi connectivity index (χ0v) is 18.0. The van der Waals surface area contributed by atoms with Crippen molar-refractivity contribution in [2.75, 3.05) is 5.75 Å². The van der Waals surface area contributed by atoms with Crippen LogP contribution in [-0.2, 0) is 4.79 Å². The lowest BCUT2D eigenvalue weighted by Gasteiger charge is -2.27. The lowest BCUT2D eigenvalue weighted by molar-refractivity contribution is -0.120. The highest BCUT2D eigenvalue weighted by Gasteiger charge is 2.30. The highest BCUT2D eigenvalue weighted by atomic mass is 32.2. The van der Waals surface area contributed by atoms with Gasteiger partial charge in [-0.15, -0.1) is 0 Å². The summed E-state index contributed by atoms with van der Waals surface area (Å²) in [5.74, 6) is -2.42. The first-order valence-electron chi connectivity index (χ1n) is 9.48. The third kappa shape index (κ3) is 4.59. The first-order valence-corrected chi connectivity index (χ1v) is 10.5. The molecular weight excluding hydrogens is 422 g/mol. The van der Waals surface area contributed by atoms with Crippen LogP contribution in [0.25, 0.3) is 16.6 Å². The van der Waals surface area contributed by atoms with Gasteiger partial charge >= 0.3 is 0 Å². The molecule has 3 rings (SSSR count). The molecule has 0 saturated carbocycles. The van der Waals surface area contributed by atoms with Crippen LogP contribution in [0.5, 0.6) is 0 Å². The summed E-state index contributed by atoms with van der Waals surface area (Å²) in [6.45, 7) is 5.26. The Morgan fingerprint density at radius 2 is 2.00 bits per heavy atom. The van der Waals surface area contributed by atoms with Gasteiger partial charge in [0.25, 0.3) is 5.56 Å². The van der Waals surface area contributed by atoms with E-state index in [0.29, 0.717) is 11.6 Å². The Bertz CT molecular complexity index is 1250. The molecule has 0 spiro atoms. The molecule has 0 bridgehead atoms. The van der Waals surface area contributed by atoms with Crippen molar-refractivity contribution < 1.29 is 13.6 Å². The zero-order chi connectivity index (χ0) is 22.8.